The van der Waals surface area contributed by atoms with Gasteiger partial charge in [-0.05, 0) is 65.1 Å². The van der Waals surface area contributed by atoms with E-state index in [1.54, 1.807) is 0 Å². The van der Waals surface area contributed by atoms with Crippen molar-refractivity contribution in [2.24, 2.45) is 16.8 Å². The zero-order chi connectivity index (χ0) is 19.9. The lowest BCUT2D eigenvalue weighted by atomic mass is 9.89. The van der Waals surface area contributed by atoms with E-state index in [0.29, 0.717) is 12.0 Å². The summed E-state index contributed by atoms with van der Waals surface area (Å²) in [7, 11) is 4.34. The summed E-state index contributed by atoms with van der Waals surface area (Å²) < 4.78 is 6.17. The van der Waals surface area contributed by atoms with Crippen LogP contribution in [0, 0.1) is 18.8 Å². The summed E-state index contributed by atoms with van der Waals surface area (Å²) in [5, 5.41) is 7.01. The summed E-state index contributed by atoms with van der Waals surface area (Å²) in [5.41, 5.74) is 2.59. The minimum atomic E-state index is 0.172. The maximum absolute atomic E-state index is 6.17. The SMILES string of the molecule is CCNC(=NCC(C1CC1)N(C)C)NCC1CCCOC1c1ccc(C)cc1. The van der Waals surface area contributed by atoms with Crippen molar-refractivity contribution in [3.8, 4) is 0 Å². The van der Waals surface area contributed by atoms with Gasteiger partial charge in [0.2, 0.25) is 0 Å². The van der Waals surface area contributed by atoms with Crippen LogP contribution in [-0.4, -0.2) is 57.2 Å². The Kier molecular flexibility index (Phi) is 7.74. The molecule has 0 radical (unpaired) electrons. The quantitative estimate of drug-likeness (QED) is 0.531. The molecular weight excluding hydrogens is 348 g/mol. The number of nitrogens with zero attached hydrogens (tertiary/aromatic N) is 2. The number of ether oxygens (including phenoxy) is 1. The molecule has 1 aliphatic carbocycles. The second-order valence-corrected chi connectivity index (χ2v) is 8.57. The smallest absolute Gasteiger partial charge is 0.191 e. The van der Waals surface area contributed by atoms with Gasteiger partial charge in [0.15, 0.2) is 5.96 Å². The Labute approximate surface area is 170 Å². The third-order valence-corrected chi connectivity index (χ3v) is 5.99. The number of aliphatic imine (C=N–C) groups is 1. The Morgan fingerprint density at radius 2 is 1.93 bits per heavy atom. The molecule has 1 heterocycles. The first-order valence-electron chi connectivity index (χ1n) is 10.9. The van der Waals surface area contributed by atoms with E-state index in [9.17, 15) is 0 Å². The van der Waals surface area contributed by atoms with Crippen LogP contribution in [-0.2, 0) is 4.74 Å². The second kappa shape index (κ2) is 10.3. The van der Waals surface area contributed by atoms with Crippen LogP contribution in [0.2, 0.25) is 0 Å². The molecule has 3 unspecified atom stereocenters. The predicted molar refractivity (Wildman–Crippen MR) is 117 cm³/mol. The van der Waals surface area contributed by atoms with Crippen molar-refractivity contribution in [1.29, 1.82) is 0 Å². The van der Waals surface area contributed by atoms with Gasteiger partial charge >= 0.3 is 0 Å². The van der Waals surface area contributed by atoms with Crippen LogP contribution in [0.1, 0.15) is 49.8 Å². The lowest BCUT2D eigenvalue weighted by molar-refractivity contribution is -0.0265. The van der Waals surface area contributed by atoms with Gasteiger partial charge in [0.05, 0.1) is 12.6 Å². The standard InChI is InChI=1S/C23H38N4O/c1-5-24-23(26-16-21(27(3)4)18-12-13-18)25-15-20-7-6-14-28-22(20)19-10-8-17(2)9-11-19/h8-11,18,20-22H,5-7,12-16H2,1-4H3,(H2,24,25,26). The number of hydrogen-bond donors (Lipinski definition) is 2. The Hall–Kier alpha value is -1.59. The molecule has 0 bridgehead atoms. The molecule has 3 atom stereocenters. The molecule has 0 spiro atoms. The highest BCUT2D eigenvalue weighted by atomic mass is 16.5. The molecule has 2 N–H and O–H groups in total. The number of hydrogen-bond acceptors (Lipinski definition) is 3. The molecule has 28 heavy (non-hydrogen) atoms. The second-order valence-electron chi connectivity index (χ2n) is 8.57. The van der Waals surface area contributed by atoms with Crippen LogP contribution in [0.3, 0.4) is 0 Å². The first kappa shape index (κ1) is 21.1. The normalized spacial score (nSPS) is 24.2. The van der Waals surface area contributed by atoms with Crippen LogP contribution in [0.25, 0.3) is 0 Å². The van der Waals surface area contributed by atoms with Gasteiger partial charge in [0, 0.05) is 31.7 Å². The van der Waals surface area contributed by atoms with Gasteiger partial charge in [0.1, 0.15) is 0 Å². The lowest BCUT2D eigenvalue weighted by Gasteiger charge is -2.33. The fourth-order valence-corrected chi connectivity index (χ4v) is 4.15. The van der Waals surface area contributed by atoms with E-state index in [-0.39, 0.29) is 6.10 Å². The number of benzene rings is 1. The summed E-state index contributed by atoms with van der Waals surface area (Å²) in [6.07, 6.45) is 5.19. The maximum Gasteiger partial charge on any atom is 0.191 e. The van der Waals surface area contributed by atoms with E-state index in [4.69, 9.17) is 9.73 Å². The van der Waals surface area contributed by atoms with Gasteiger partial charge in [-0.3, -0.25) is 4.99 Å². The largest absolute Gasteiger partial charge is 0.373 e. The van der Waals surface area contributed by atoms with Gasteiger partial charge < -0.3 is 20.3 Å². The maximum atomic E-state index is 6.17. The number of rotatable bonds is 8. The van der Waals surface area contributed by atoms with Crippen molar-refractivity contribution < 1.29 is 4.74 Å². The summed E-state index contributed by atoms with van der Waals surface area (Å²) in [6.45, 7) is 7.74. The molecule has 0 amide bonds. The van der Waals surface area contributed by atoms with Crippen molar-refractivity contribution in [1.82, 2.24) is 15.5 Å². The topological polar surface area (TPSA) is 48.9 Å². The highest BCUT2D eigenvalue weighted by molar-refractivity contribution is 5.79. The van der Waals surface area contributed by atoms with Crippen LogP contribution in [0.5, 0.6) is 0 Å². The third-order valence-electron chi connectivity index (χ3n) is 5.99. The van der Waals surface area contributed by atoms with Gasteiger partial charge in [-0.15, -0.1) is 0 Å². The predicted octanol–water partition coefficient (Wildman–Crippen LogP) is 3.36. The van der Waals surface area contributed by atoms with E-state index in [1.165, 1.54) is 30.4 Å². The van der Waals surface area contributed by atoms with E-state index in [2.05, 4.69) is 67.7 Å². The Morgan fingerprint density at radius 1 is 1.18 bits per heavy atom. The monoisotopic (exact) mass is 386 g/mol. The molecular formula is C23H38N4O. The Bertz CT molecular complexity index is 622. The number of guanidine groups is 1. The van der Waals surface area contributed by atoms with Gasteiger partial charge in [-0.1, -0.05) is 29.8 Å². The zero-order valence-electron chi connectivity index (χ0n) is 18.1. The molecule has 1 saturated carbocycles. The first-order valence-corrected chi connectivity index (χ1v) is 10.9. The average Bonchev–Trinajstić information content (AvgIpc) is 3.52. The minimum Gasteiger partial charge on any atom is -0.373 e. The number of aryl methyl sites for hydroxylation is 1. The van der Waals surface area contributed by atoms with Crippen molar-refractivity contribution in [3.63, 3.8) is 0 Å². The van der Waals surface area contributed by atoms with Crippen molar-refractivity contribution in [2.75, 3.05) is 40.3 Å². The molecule has 2 fully saturated rings. The van der Waals surface area contributed by atoms with Gasteiger partial charge in [0.25, 0.3) is 0 Å². The lowest BCUT2D eigenvalue weighted by Crippen LogP contribution is -2.43. The summed E-state index contributed by atoms with van der Waals surface area (Å²) in [6, 6.07) is 9.35. The average molecular weight is 387 g/mol. The first-order chi connectivity index (χ1) is 13.6. The van der Waals surface area contributed by atoms with Crippen molar-refractivity contribution >= 4 is 5.96 Å². The molecule has 156 valence electrons. The van der Waals surface area contributed by atoms with Gasteiger partial charge in [-0.25, -0.2) is 0 Å². The Morgan fingerprint density at radius 3 is 2.57 bits per heavy atom. The number of nitrogens with one attached hydrogen (secondary N) is 2. The van der Waals surface area contributed by atoms with Crippen LogP contribution in [0.4, 0.5) is 0 Å². The third kappa shape index (κ3) is 5.95. The van der Waals surface area contributed by atoms with Crippen LogP contribution >= 0.6 is 0 Å². The fraction of sp³-hybridized carbons (Fsp3) is 0.696. The molecule has 2 aliphatic rings. The van der Waals surface area contributed by atoms with E-state index in [1.807, 2.05) is 0 Å². The van der Waals surface area contributed by atoms with Crippen LogP contribution in [0.15, 0.2) is 29.3 Å². The van der Waals surface area contributed by atoms with Crippen molar-refractivity contribution in [2.45, 2.75) is 51.7 Å². The van der Waals surface area contributed by atoms with Gasteiger partial charge in [-0.2, -0.15) is 0 Å². The van der Waals surface area contributed by atoms with Crippen LogP contribution < -0.4 is 10.6 Å². The molecule has 1 saturated heterocycles. The summed E-state index contributed by atoms with van der Waals surface area (Å²) in [5.74, 6) is 2.22. The molecule has 3 rings (SSSR count). The van der Waals surface area contributed by atoms with E-state index in [0.717, 1.165) is 44.5 Å². The van der Waals surface area contributed by atoms with Crippen molar-refractivity contribution in [3.05, 3.63) is 35.4 Å². The Balaban J connectivity index is 1.60. The molecule has 0 aromatic heterocycles. The van der Waals surface area contributed by atoms with E-state index < -0.39 is 0 Å². The highest BCUT2D eigenvalue weighted by Gasteiger charge is 2.32. The zero-order valence-corrected chi connectivity index (χ0v) is 18.1. The minimum absolute atomic E-state index is 0.172. The fourth-order valence-electron chi connectivity index (χ4n) is 4.15. The molecule has 1 aromatic carbocycles. The summed E-state index contributed by atoms with van der Waals surface area (Å²) in [4.78, 5) is 7.23. The highest BCUT2D eigenvalue weighted by Crippen LogP contribution is 2.35. The number of likely N-dealkylation sites (N-methyl/N-ethyl adjacent to an activating group) is 1. The van der Waals surface area contributed by atoms with E-state index >= 15 is 0 Å². The molecule has 1 aromatic rings. The molecule has 5 heteroatoms. The molecule has 5 nitrogen and oxygen atoms in total. The summed E-state index contributed by atoms with van der Waals surface area (Å²) >= 11 is 0. The molecule has 1 aliphatic heterocycles.